The average molecular weight is 331 g/mol. The largest absolute Gasteiger partial charge is 0.480 e. The number of carbonyl (C=O) groups is 1. The van der Waals surface area contributed by atoms with Crippen molar-refractivity contribution in [1.29, 1.82) is 0 Å². The van der Waals surface area contributed by atoms with E-state index in [4.69, 9.17) is 4.84 Å². The van der Waals surface area contributed by atoms with E-state index >= 15 is 0 Å². The Morgan fingerprint density at radius 1 is 1.22 bits per heavy atom. The molecule has 0 amide bonds. The van der Waals surface area contributed by atoms with E-state index in [0.717, 1.165) is 12.1 Å². The molecular formula is C16H20F3NO3. The van der Waals surface area contributed by atoms with Crippen LogP contribution in [0.4, 0.5) is 13.2 Å². The molecule has 0 saturated carbocycles. The van der Waals surface area contributed by atoms with Gasteiger partial charge in [-0.25, -0.2) is 0 Å². The number of hydroxylamine groups is 2. The number of alkyl halides is 3. The van der Waals surface area contributed by atoms with E-state index in [2.05, 4.69) is 0 Å². The van der Waals surface area contributed by atoms with Crippen molar-refractivity contribution < 1.29 is 27.9 Å². The normalized spacial score (nSPS) is 23.2. The van der Waals surface area contributed by atoms with E-state index in [1.807, 2.05) is 20.8 Å². The van der Waals surface area contributed by atoms with Crippen molar-refractivity contribution in [1.82, 2.24) is 5.06 Å². The Bertz CT molecular complexity index is 563. The van der Waals surface area contributed by atoms with Gasteiger partial charge in [0.2, 0.25) is 0 Å². The molecule has 23 heavy (non-hydrogen) atoms. The highest BCUT2D eigenvalue weighted by molar-refractivity contribution is 5.74. The average Bonchev–Trinajstić information content (AvgIpc) is 2.79. The quantitative estimate of drug-likeness (QED) is 0.918. The molecule has 1 unspecified atom stereocenters. The van der Waals surface area contributed by atoms with Crippen molar-refractivity contribution in [2.45, 2.75) is 50.9 Å². The Hall–Kier alpha value is -1.60. The Labute approximate surface area is 132 Å². The van der Waals surface area contributed by atoms with E-state index in [9.17, 15) is 23.1 Å². The van der Waals surface area contributed by atoms with E-state index < -0.39 is 29.4 Å². The van der Waals surface area contributed by atoms with Crippen LogP contribution in [0.3, 0.4) is 0 Å². The highest BCUT2D eigenvalue weighted by Crippen LogP contribution is 2.35. The molecule has 1 aliphatic heterocycles. The molecule has 1 saturated heterocycles. The third kappa shape index (κ3) is 4.45. The fourth-order valence-corrected chi connectivity index (χ4v) is 2.67. The fourth-order valence-electron chi connectivity index (χ4n) is 2.67. The highest BCUT2D eigenvalue weighted by atomic mass is 19.4. The minimum Gasteiger partial charge on any atom is -0.480 e. The van der Waals surface area contributed by atoms with Crippen molar-refractivity contribution >= 4 is 5.97 Å². The minimum atomic E-state index is -4.38. The molecule has 0 aliphatic carbocycles. The molecule has 1 heterocycles. The lowest BCUT2D eigenvalue weighted by Crippen LogP contribution is -2.41. The molecule has 1 aliphatic rings. The molecule has 1 aromatic rings. The lowest BCUT2D eigenvalue weighted by molar-refractivity contribution is -0.238. The number of carboxylic acid groups (broad SMARTS) is 1. The van der Waals surface area contributed by atoms with Gasteiger partial charge in [0.25, 0.3) is 0 Å². The van der Waals surface area contributed by atoms with Crippen LogP contribution in [0.15, 0.2) is 24.3 Å². The highest BCUT2D eigenvalue weighted by Gasteiger charge is 2.40. The van der Waals surface area contributed by atoms with E-state index in [-0.39, 0.29) is 5.92 Å². The number of hydrogen-bond acceptors (Lipinski definition) is 3. The summed E-state index contributed by atoms with van der Waals surface area (Å²) in [5, 5.41) is 10.7. The lowest BCUT2D eigenvalue weighted by atomic mass is 9.95. The van der Waals surface area contributed by atoms with Gasteiger partial charge in [0.15, 0.2) is 0 Å². The third-order valence-electron chi connectivity index (χ3n) is 3.64. The molecular weight excluding hydrogens is 311 g/mol. The number of rotatable bonds is 3. The first-order valence-corrected chi connectivity index (χ1v) is 7.33. The molecule has 7 heteroatoms. The van der Waals surface area contributed by atoms with Crippen molar-refractivity contribution in [2.24, 2.45) is 0 Å². The van der Waals surface area contributed by atoms with Crippen LogP contribution in [0.5, 0.6) is 0 Å². The van der Waals surface area contributed by atoms with Gasteiger partial charge in [0, 0.05) is 12.5 Å². The maximum atomic E-state index is 12.6. The summed E-state index contributed by atoms with van der Waals surface area (Å²) in [7, 11) is 0. The Kier molecular flexibility index (Phi) is 4.73. The molecule has 0 aromatic heterocycles. The minimum absolute atomic E-state index is 0.180. The number of aliphatic carboxylic acids is 1. The molecule has 0 radical (unpaired) electrons. The van der Waals surface area contributed by atoms with Gasteiger partial charge in [0.1, 0.15) is 6.04 Å². The van der Waals surface area contributed by atoms with Gasteiger partial charge in [-0.15, -0.1) is 0 Å². The van der Waals surface area contributed by atoms with Crippen LogP contribution in [-0.4, -0.2) is 34.3 Å². The maximum absolute atomic E-state index is 12.6. The summed E-state index contributed by atoms with van der Waals surface area (Å²) in [6, 6.07) is 4.07. The number of hydrogen-bond donors (Lipinski definition) is 1. The summed E-state index contributed by atoms with van der Waals surface area (Å²) >= 11 is 0. The molecule has 1 aromatic carbocycles. The van der Waals surface area contributed by atoms with Crippen LogP contribution in [0, 0.1) is 0 Å². The molecule has 1 N–H and O–H groups in total. The lowest BCUT2D eigenvalue weighted by Gasteiger charge is -2.29. The second-order valence-electron chi connectivity index (χ2n) is 6.71. The van der Waals surface area contributed by atoms with Crippen LogP contribution in [-0.2, 0) is 15.8 Å². The van der Waals surface area contributed by atoms with Crippen LogP contribution in [0.25, 0.3) is 0 Å². The molecule has 4 nitrogen and oxygen atoms in total. The van der Waals surface area contributed by atoms with Crippen LogP contribution < -0.4 is 0 Å². The Balaban J connectivity index is 2.16. The van der Waals surface area contributed by atoms with E-state index in [1.165, 1.54) is 17.2 Å². The first-order valence-electron chi connectivity index (χ1n) is 7.33. The molecule has 1 fully saturated rings. The SMILES string of the molecule is CC(C)(C)ON1CC(c2ccc(C(F)(F)F)cc2)C[C@H]1C(=O)O. The predicted molar refractivity (Wildman–Crippen MR) is 77.8 cm³/mol. The first kappa shape index (κ1) is 17.7. The summed E-state index contributed by atoms with van der Waals surface area (Å²) < 4.78 is 37.8. The number of nitrogens with zero attached hydrogens (tertiary/aromatic N) is 1. The fraction of sp³-hybridized carbons (Fsp3) is 0.562. The Morgan fingerprint density at radius 3 is 2.22 bits per heavy atom. The van der Waals surface area contributed by atoms with E-state index in [0.29, 0.717) is 18.5 Å². The monoisotopic (exact) mass is 331 g/mol. The topological polar surface area (TPSA) is 49.8 Å². The zero-order valence-corrected chi connectivity index (χ0v) is 13.2. The zero-order chi connectivity index (χ0) is 17.4. The second kappa shape index (κ2) is 6.13. The number of benzene rings is 1. The summed E-state index contributed by atoms with van der Waals surface area (Å²) in [5.41, 5.74) is -0.566. The summed E-state index contributed by atoms with van der Waals surface area (Å²) in [4.78, 5) is 17.1. The van der Waals surface area contributed by atoms with Crippen LogP contribution >= 0.6 is 0 Å². The summed E-state index contributed by atoms with van der Waals surface area (Å²) in [5.74, 6) is -1.18. The smallest absolute Gasteiger partial charge is 0.416 e. The standard InChI is InChI=1S/C16H20F3NO3/c1-15(2,3)23-20-9-11(8-13(20)14(21)22)10-4-6-12(7-5-10)16(17,18)19/h4-7,11,13H,8-9H2,1-3H3,(H,21,22)/t11?,13-/m0/s1. The first-order chi connectivity index (χ1) is 10.5. The maximum Gasteiger partial charge on any atom is 0.416 e. The van der Waals surface area contributed by atoms with Crippen molar-refractivity contribution in [3.8, 4) is 0 Å². The number of halogens is 3. The predicted octanol–water partition coefficient (Wildman–Crippen LogP) is 3.68. The molecule has 0 bridgehead atoms. The summed E-state index contributed by atoms with van der Waals surface area (Å²) in [6.07, 6.45) is -4.07. The van der Waals surface area contributed by atoms with Gasteiger partial charge in [-0.2, -0.15) is 18.2 Å². The van der Waals surface area contributed by atoms with Gasteiger partial charge >= 0.3 is 12.1 Å². The van der Waals surface area contributed by atoms with Crippen LogP contribution in [0.1, 0.15) is 44.2 Å². The van der Waals surface area contributed by atoms with E-state index in [1.54, 1.807) is 0 Å². The van der Waals surface area contributed by atoms with Gasteiger partial charge in [-0.05, 0) is 44.9 Å². The van der Waals surface area contributed by atoms with Gasteiger partial charge in [-0.1, -0.05) is 12.1 Å². The van der Waals surface area contributed by atoms with Crippen LogP contribution in [0.2, 0.25) is 0 Å². The van der Waals surface area contributed by atoms with Gasteiger partial charge < -0.3 is 5.11 Å². The van der Waals surface area contributed by atoms with Gasteiger partial charge in [0.05, 0.1) is 11.2 Å². The molecule has 0 spiro atoms. The third-order valence-corrected chi connectivity index (χ3v) is 3.64. The van der Waals surface area contributed by atoms with Crippen molar-refractivity contribution in [2.75, 3.05) is 6.54 Å². The van der Waals surface area contributed by atoms with Crippen molar-refractivity contribution in [3.63, 3.8) is 0 Å². The molecule has 2 rings (SSSR count). The second-order valence-corrected chi connectivity index (χ2v) is 6.71. The zero-order valence-electron chi connectivity index (χ0n) is 13.2. The van der Waals surface area contributed by atoms with Crippen molar-refractivity contribution in [3.05, 3.63) is 35.4 Å². The van der Waals surface area contributed by atoms with Gasteiger partial charge in [-0.3, -0.25) is 9.63 Å². The number of carboxylic acids is 1. The molecule has 128 valence electrons. The summed E-state index contributed by atoms with van der Waals surface area (Å²) in [6.45, 7) is 5.78. The Morgan fingerprint density at radius 2 is 1.78 bits per heavy atom. The molecule has 2 atom stereocenters.